The second-order valence-corrected chi connectivity index (χ2v) is 4.32. The second kappa shape index (κ2) is 3.44. The monoisotopic (exact) mass is 341 g/mol. The van der Waals surface area contributed by atoms with E-state index in [1.54, 1.807) is 22.6 Å². The van der Waals surface area contributed by atoms with E-state index in [0.29, 0.717) is 6.07 Å². The molecule has 3 nitrogen and oxygen atoms in total. The fraction of sp³-hybridized carbons (Fsp3) is 0.111. The SMILES string of the molecule is O=C1Nc2c(I)cc(C(F)(F)F)cc2C1=O. The summed E-state index contributed by atoms with van der Waals surface area (Å²) in [7, 11) is 0. The van der Waals surface area contributed by atoms with Crippen LogP contribution in [0, 0.1) is 3.57 Å². The van der Waals surface area contributed by atoms with E-state index in [9.17, 15) is 22.8 Å². The summed E-state index contributed by atoms with van der Waals surface area (Å²) in [5.41, 5.74) is -0.992. The number of rotatable bonds is 0. The van der Waals surface area contributed by atoms with Crippen molar-refractivity contribution in [2.24, 2.45) is 0 Å². The van der Waals surface area contributed by atoms with Gasteiger partial charge < -0.3 is 5.32 Å². The first kappa shape index (κ1) is 11.4. The Kier molecular flexibility index (Phi) is 2.44. The molecule has 0 spiro atoms. The molecule has 0 bridgehead atoms. The lowest BCUT2D eigenvalue weighted by Crippen LogP contribution is -2.12. The van der Waals surface area contributed by atoms with Crippen LogP contribution in [0.3, 0.4) is 0 Å². The molecule has 0 atom stereocenters. The predicted molar refractivity (Wildman–Crippen MR) is 57.1 cm³/mol. The summed E-state index contributed by atoms with van der Waals surface area (Å²) in [6.45, 7) is 0. The highest BCUT2D eigenvalue weighted by Gasteiger charge is 2.36. The van der Waals surface area contributed by atoms with Crippen LogP contribution in [-0.4, -0.2) is 11.7 Å². The zero-order valence-corrected chi connectivity index (χ0v) is 9.64. The Morgan fingerprint density at radius 3 is 2.38 bits per heavy atom. The Bertz CT molecular complexity index is 510. The highest BCUT2D eigenvalue weighted by atomic mass is 127. The lowest BCUT2D eigenvalue weighted by molar-refractivity contribution is -0.137. The number of anilines is 1. The van der Waals surface area contributed by atoms with E-state index in [2.05, 4.69) is 5.32 Å². The van der Waals surface area contributed by atoms with Gasteiger partial charge in [-0.25, -0.2) is 0 Å². The standard InChI is InChI=1S/C9H3F3INO2/c10-9(11,12)3-1-4-6(5(13)2-3)14-8(16)7(4)15/h1-2H,(H,14,15,16). The number of alkyl halides is 3. The van der Waals surface area contributed by atoms with Crippen LogP contribution in [0.15, 0.2) is 12.1 Å². The van der Waals surface area contributed by atoms with E-state index in [-0.39, 0.29) is 14.8 Å². The largest absolute Gasteiger partial charge is 0.416 e. The Labute approximate surface area is 101 Å². The minimum Gasteiger partial charge on any atom is -0.317 e. The van der Waals surface area contributed by atoms with Crippen LogP contribution in [0.2, 0.25) is 0 Å². The summed E-state index contributed by atoms with van der Waals surface area (Å²) < 4.78 is 37.5. The average Bonchev–Trinajstić information content (AvgIpc) is 2.44. The number of Topliss-reactive ketones (excluding diaryl/α,β-unsaturated/α-hetero) is 1. The minimum absolute atomic E-state index is 0.156. The zero-order chi connectivity index (χ0) is 12.1. The highest BCUT2D eigenvalue weighted by molar-refractivity contribution is 14.1. The normalized spacial score (nSPS) is 15.0. The van der Waals surface area contributed by atoms with E-state index >= 15 is 0 Å². The van der Waals surface area contributed by atoms with Crippen molar-refractivity contribution in [3.63, 3.8) is 0 Å². The number of halogens is 4. The molecule has 0 saturated heterocycles. The molecule has 0 radical (unpaired) electrons. The quantitative estimate of drug-likeness (QED) is 0.582. The molecule has 1 aliphatic heterocycles. The molecule has 1 heterocycles. The van der Waals surface area contributed by atoms with Gasteiger partial charge >= 0.3 is 6.18 Å². The van der Waals surface area contributed by atoms with E-state index in [1.165, 1.54) is 0 Å². The summed E-state index contributed by atoms with van der Waals surface area (Å²) in [6, 6.07) is 1.58. The van der Waals surface area contributed by atoms with Crippen LogP contribution in [0.4, 0.5) is 18.9 Å². The van der Waals surface area contributed by atoms with E-state index in [1.807, 2.05) is 0 Å². The van der Waals surface area contributed by atoms with Gasteiger partial charge in [0, 0.05) is 3.57 Å². The number of carbonyl (C=O) groups is 2. The number of ketones is 1. The lowest BCUT2D eigenvalue weighted by Gasteiger charge is -2.09. The third-order valence-corrected chi connectivity index (χ3v) is 2.96. The molecule has 16 heavy (non-hydrogen) atoms. The molecule has 2 rings (SSSR count). The molecule has 0 unspecified atom stereocenters. The molecule has 1 amide bonds. The van der Waals surface area contributed by atoms with Gasteiger partial charge in [-0.15, -0.1) is 0 Å². The molecule has 84 valence electrons. The number of amides is 1. The van der Waals surface area contributed by atoms with Gasteiger partial charge in [0.2, 0.25) is 0 Å². The van der Waals surface area contributed by atoms with Gasteiger partial charge in [-0.05, 0) is 34.7 Å². The number of hydrogen-bond donors (Lipinski definition) is 1. The maximum atomic E-state index is 12.4. The second-order valence-electron chi connectivity index (χ2n) is 3.16. The van der Waals surface area contributed by atoms with Gasteiger partial charge in [-0.1, -0.05) is 0 Å². The fourth-order valence-corrected chi connectivity index (χ4v) is 2.13. The van der Waals surface area contributed by atoms with Crippen molar-refractivity contribution in [2.75, 3.05) is 5.32 Å². The summed E-state index contributed by atoms with van der Waals surface area (Å²) in [5, 5.41) is 2.23. The minimum atomic E-state index is -4.53. The predicted octanol–water partition coefficient (Wildman–Crippen LogP) is 2.44. The van der Waals surface area contributed by atoms with Crippen molar-refractivity contribution in [1.29, 1.82) is 0 Å². The Morgan fingerprint density at radius 2 is 1.81 bits per heavy atom. The molecule has 1 aromatic carbocycles. The molecular weight excluding hydrogens is 338 g/mol. The fourth-order valence-electron chi connectivity index (χ4n) is 1.37. The molecule has 7 heteroatoms. The molecule has 0 fully saturated rings. The summed E-state index contributed by atoms with van der Waals surface area (Å²) in [4.78, 5) is 22.2. The van der Waals surface area contributed by atoms with Crippen LogP contribution in [0.5, 0.6) is 0 Å². The first-order valence-electron chi connectivity index (χ1n) is 4.07. The van der Waals surface area contributed by atoms with Gasteiger partial charge in [0.1, 0.15) is 0 Å². The maximum Gasteiger partial charge on any atom is 0.416 e. The number of benzene rings is 1. The third-order valence-electron chi connectivity index (χ3n) is 2.11. The van der Waals surface area contributed by atoms with Gasteiger partial charge in [0.15, 0.2) is 0 Å². The Morgan fingerprint density at radius 1 is 1.19 bits per heavy atom. The zero-order valence-electron chi connectivity index (χ0n) is 7.48. The topological polar surface area (TPSA) is 46.2 Å². The summed E-state index contributed by atoms with van der Waals surface area (Å²) in [6.07, 6.45) is -4.53. The first-order valence-corrected chi connectivity index (χ1v) is 5.15. The average molecular weight is 341 g/mol. The molecule has 0 aromatic heterocycles. The van der Waals surface area contributed by atoms with Crippen LogP contribution in [-0.2, 0) is 11.0 Å². The van der Waals surface area contributed by atoms with Crippen molar-refractivity contribution >= 4 is 40.0 Å². The first-order chi connectivity index (χ1) is 7.30. The van der Waals surface area contributed by atoms with Crippen molar-refractivity contribution in [2.45, 2.75) is 6.18 Å². The number of carbonyl (C=O) groups excluding carboxylic acids is 2. The molecule has 1 N–H and O–H groups in total. The van der Waals surface area contributed by atoms with E-state index in [0.717, 1.165) is 6.07 Å². The van der Waals surface area contributed by atoms with Crippen molar-refractivity contribution in [3.8, 4) is 0 Å². The van der Waals surface area contributed by atoms with Crippen molar-refractivity contribution < 1.29 is 22.8 Å². The van der Waals surface area contributed by atoms with Gasteiger partial charge in [0.05, 0.1) is 16.8 Å². The molecule has 0 aliphatic carbocycles. The van der Waals surface area contributed by atoms with E-state index < -0.39 is 23.4 Å². The van der Waals surface area contributed by atoms with E-state index in [4.69, 9.17) is 0 Å². The maximum absolute atomic E-state index is 12.4. The molecule has 1 aromatic rings. The summed E-state index contributed by atoms with van der Waals surface area (Å²) in [5.74, 6) is -1.83. The molecule has 0 saturated carbocycles. The Balaban J connectivity index is 2.64. The van der Waals surface area contributed by atoms with Crippen molar-refractivity contribution in [3.05, 3.63) is 26.8 Å². The number of hydrogen-bond acceptors (Lipinski definition) is 2. The smallest absolute Gasteiger partial charge is 0.317 e. The highest BCUT2D eigenvalue weighted by Crippen LogP contribution is 2.36. The number of fused-ring (bicyclic) bond motifs is 1. The number of nitrogens with one attached hydrogen (secondary N) is 1. The van der Waals surface area contributed by atoms with Crippen LogP contribution >= 0.6 is 22.6 Å². The summed E-state index contributed by atoms with van der Waals surface area (Å²) >= 11 is 1.64. The van der Waals surface area contributed by atoms with Crippen molar-refractivity contribution in [1.82, 2.24) is 0 Å². The molecular formula is C9H3F3INO2. The van der Waals surface area contributed by atoms with Gasteiger partial charge in [-0.3, -0.25) is 9.59 Å². The van der Waals surface area contributed by atoms with Crippen LogP contribution < -0.4 is 5.32 Å². The molecule has 1 aliphatic rings. The van der Waals surface area contributed by atoms with Crippen LogP contribution in [0.25, 0.3) is 0 Å². The van der Waals surface area contributed by atoms with Gasteiger partial charge in [-0.2, -0.15) is 13.2 Å². The lowest BCUT2D eigenvalue weighted by atomic mass is 10.1. The Hall–Kier alpha value is -1.12. The third kappa shape index (κ3) is 1.68. The van der Waals surface area contributed by atoms with Gasteiger partial charge in [0.25, 0.3) is 11.7 Å². The van der Waals surface area contributed by atoms with Crippen LogP contribution in [0.1, 0.15) is 15.9 Å².